The lowest BCUT2D eigenvalue weighted by atomic mass is 9.87. The van der Waals surface area contributed by atoms with Crippen LogP contribution >= 0.6 is 23.2 Å². The number of fused-ring (bicyclic) bond motifs is 2. The zero-order valence-corrected chi connectivity index (χ0v) is 20.9. The van der Waals surface area contributed by atoms with Gasteiger partial charge in [0.15, 0.2) is 6.61 Å². The van der Waals surface area contributed by atoms with Crippen molar-refractivity contribution >= 4 is 46.0 Å². The Labute approximate surface area is 218 Å². The van der Waals surface area contributed by atoms with Crippen LogP contribution in [0.4, 0.5) is 0 Å². The second-order valence-electron chi connectivity index (χ2n) is 8.74. The molecule has 1 N–H and O–H groups in total. The van der Waals surface area contributed by atoms with Crippen LogP contribution in [-0.4, -0.2) is 39.6 Å². The van der Waals surface area contributed by atoms with Gasteiger partial charge in [-0.05, 0) is 47.9 Å². The Morgan fingerprint density at radius 1 is 1.00 bits per heavy atom. The molecule has 1 aliphatic heterocycles. The highest BCUT2D eigenvalue weighted by atomic mass is 35.5. The molecule has 0 spiro atoms. The molecule has 1 aliphatic rings. The second-order valence-corrected chi connectivity index (χ2v) is 9.58. The topological polar surface area (TPSA) is 71.8 Å². The standard InChI is InChI=1S/C28H24Cl2N2O4/c29-20-8-9-24(36-17-26(34)35)22(16-20)28-21-6-2-1-4-18(21)11-15-32(28)25(33)12-14-31-13-10-19-5-3-7-23(30)27(19)31/h1-10,13,16,28H,11-12,14-15,17H2,(H,34,35). The summed E-state index contributed by atoms with van der Waals surface area (Å²) in [7, 11) is 0. The van der Waals surface area contributed by atoms with Gasteiger partial charge >= 0.3 is 5.97 Å². The van der Waals surface area contributed by atoms with E-state index in [1.807, 2.05) is 58.1 Å². The predicted molar refractivity (Wildman–Crippen MR) is 140 cm³/mol. The Hall–Kier alpha value is -3.48. The van der Waals surface area contributed by atoms with Gasteiger partial charge in [0, 0.05) is 41.7 Å². The molecule has 1 atom stereocenters. The minimum atomic E-state index is -1.08. The first kappa shape index (κ1) is 24.2. The predicted octanol–water partition coefficient (Wildman–Crippen LogP) is 5.98. The fourth-order valence-corrected chi connectivity index (χ4v) is 5.41. The first-order valence-corrected chi connectivity index (χ1v) is 12.4. The maximum absolute atomic E-state index is 13.7. The number of rotatable bonds is 7. The Balaban J connectivity index is 1.48. The van der Waals surface area contributed by atoms with Gasteiger partial charge in [-0.1, -0.05) is 59.6 Å². The minimum absolute atomic E-state index is 0.0208. The molecule has 0 saturated carbocycles. The van der Waals surface area contributed by atoms with Crippen molar-refractivity contribution in [3.05, 3.63) is 99.7 Å². The number of carboxylic acids is 1. The number of hydrogen-bond acceptors (Lipinski definition) is 3. The monoisotopic (exact) mass is 522 g/mol. The van der Waals surface area contributed by atoms with E-state index in [2.05, 4.69) is 6.07 Å². The maximum Gasteiger partial charge on any atom is 0.341 e. The van der Waals surface area contributed by atoms with Gasteiger partial charge in [0.05, 0.1) is 16.6 Å². The summed E-state index contributed by atoms with van der Waals surface area (Å²) in [5, 5.41) is 11.3. The van der Waals surface area contributed by atoms with Crippen LogP contribution in [0.5, 0.6) is 5.75 Å². The van der Waals surface area contributed by atoms with Crippen molar-refractivity contribution in [2.24, 2.45) is 0 Å². The van der Waals surface area contributed by atoms with Crippen molar-refractivity contribution in [1.82, 2.24) is 9.47 Å². The van der Waals surface area contributed by atoms with E-state index in [0.717, 1.165) is 28.5 Å². The third kappa shape index (κ3) is 4.79. The quantitative estimate of drug-likeness (QED) is 0.324. The second kappa shape index (κ2) is 10.2. The van der Waals surface area contributed by atoms with Crippen molar-refractivity contribution in [3.63, 3.8) is 0 Å². The molecule has 6 nitrogen and oxygen atoms in total. The summed E-state index contributed by atoms with van der Waals surface area (Å²) in [6.07, 6.45) is 2.95. The van der Waals surface area contributed by atoms with Gasteiger partial charge < -0.3 is 19.3 Å². The van der Waals surface area contributed by atoms with E-state index >= 15 is 0 Å². The first-order valence-electron chi connectivity index (χ1n) is 11.7. The van der Waals surface area contributed by atoms with Crippen LogP contribution in [0.25, 0.3) is 10.9 Å². The molecule has 8 heteroatoms. The summed E-state index contributed by atoms with van der Waals surface area (Å²) in [6.45, 7) is 0.520. The molecule has 0 radical (unpaired) electrons. The molecule has 1 unspecified atom stereocenters. The number of benzene rings is 3. The molecule has 1 aromatic heterocycles. The third-order valence-electron chi connectivity index (χ3n) is 6.53. The Morgan fingerprint density at radius 2 is 1.83 bits per heavy atom. The molecular weight excluding hydrogens is 499 g/mol. The molecule has 0 fully saturated rings. The van der Waals surface area contributed by atoms with Gasteiger partial charge in [-0.25, -0.2) is 4.79 Å². The number of aliphatic carboxylic acids is 1. The van der Waals surface area contributed by atoms with E-state index in [-0.39, 0.29) is 12.3 Å². The highest BCUT2D eigenvalue weighted by Crippen LogP contribution is 2.41. The van der Waals surface area contributed by atoms with Gasteiger partial charge in [0.2, 0.25) is 5.91 Å². The summed E-state index contributed by atoms with van der Waals surface area (Å²) in [6, 6.07) is 20.3. The number of carbonyl (C=O) groups is 2. The summed E-state index contributed by atoms with van der Waals surface area (Å²) in [4.78, 5) is 26.7. The average molecular weight is 523 g/mol. The van der Waals surface area contributed by atoms with Gasteiger partial charge in [-0.15, -0.1) is 0 Å². The van der Waals surface area contributed by atoms with Gasteiger partial charge in [-0.2, -0.15) is 0 Å². The van der Waals surface area contributed by atoms with Crippen LogP contribution in [0.15, 0.2) is 72.9 Å². The molecule has 0 saturated heterocycles. The maximum atomic E-state index is 13.7. The Morgan fingerprint density at radius 3 is 2.67 bits per heavy atom. The molecule has 0 aliphatic carbocycles. The molecule has 5 rings (SSSR count). The van der Waals surface area contributed by atoms with Crippen LogP contribution in [0.3, 0.4) is 0 Å². The normalized spacial score (nSPS) is 15.1. The first-order chi connectivity index (χ1) is 17.4. The van der Waals surface area contributed by atoms with Gasteiger partial charge in [0.1, 0.15) is 5.75 Å². The molecule has 4 aromatic rings. The zero-order chi connectivity index (χ0) is 25.2. The Bertz CT molecular complexity index is 1450. The number of carboxylic acid groups (broad SMARTS) is 1. The molecule has 36 heavy (non-hydrogen) atoms. The number of para-hydroxylation sites is 1. The number of aryl methyl sites for hydroxylation is 1. The van der Waals surface area contributed by atoms with Crippen LogP contribution in [0.1, 0.15) is 29.2 Å². The largest absolute Gasteiger partial charge is 0.482 e. The number of halogens is 2. The van der Waals surface area contributed by atoms with Crippen LogP contribution in [-0.2, 0) is 22.6 Å². The van der Waals surface area contributed by atoms with E-state index in [0.29, 0.717) is 34.4 Å². The van der Waals surface area contributed by atoms with Crippen molar-refractivity contribution in [1.29, 1.82) is 0 Å². The summed E-state index contributed by atoms with van der Waals surface area (Å²) in [5.74, 6) is -0.706. The number of ether oxygens (including phenoxy) is 1. The number of hydrogen-bond donors (Lipinski definition) is 1. The SMILES string of the molecule is O=C(O)COc1ccc(Cl)cc1C1c2ccccc2CCN1C(=O)CCn1ccc2cccc(Cl)c21. The fourth-order valence-electron chi connectivity index (χ4n) is 4.93. The van der Waals surface area contributed by atoms with Gasteiger partial charge in [-0.3, -0.25) is 4.79 Å². The molecule has 1 amide bonds. The van der Waals surface area contributed by atoms with E-state index in [4.69, 9.17) is 33.0 Å². The van der Waals surface area contributed by atoms with Crippen LogP contribution in [0, 0.1) is 0 Å². The van der Waals surface area contributed by atoms with E-state index in [1.165, 1.54) is 0 Å². The minimum Gasteiger partial charge on any atom is -0.482 e. The van der Waals surface area contributed by atoms with Crippen molar-refractivity contribution < 1.29 is 19.4 Å². The van der Waals surface area contributed by atoms with Crippen molar-refractivity contribution in [3.8, 4) is 5.75 Å². The van der Waals surface area contributed by atoms with Crippen molar-refractivity contribution in [2.45, 2.75) is 25.4 Å². The van der Waals surface area contributed by atoms with E-state index in [1.54, 1.807) is 18.2 Å². The lowest BCUT2D eigenvalue weighted by Gasteiger charge is -2.38. The number of aromatic nitrogens is 1. The molecule has 184 valence electrons. The zero-order valence-electron chi connectivity index (χ0n) is 19.4. The summed E-state index contributed by atoms with van der Waals surface area (Å²) >= 11 is 12.8. The van der Waals surface area contributed by atoms with Crippen molar-refractivity contribution in [2.75, 3.05) is 13.2 Å². The lowest BCUT2D eigenvalue weighted by Crippen LogP contribution is -2.41. The van der Waals surface area contributed by atoms with Gasteiger partial charge in [0.25, 0.3) is 0 Å². The van der Waals surface area contributed by atoms with E-state index in [9.17, 15) is 9.59 Å². The molecule has 2 heterocycles. The summed E-state index contributed by atoms with van der Waals surface area (Å²) < 4.78 is 7.62. The van der Waals surface area contributed by atoms with E-state index < -0.39 is 18.6 Å². The number of amides is 1. The molecular formula is C28H24Cl2N2O4. The average Bonchev–Trinajstić information content (AvgIpc) is 3.30. The summed E-state index contributed by atoms with van der Waals surface area (Å²) in [5.41, 5.74) is 3.69. The van der Waals surface area contributed by atoms with Crippen LogP contribution < -0.4 is 4.74 Å². The smallest absolute Gasteiger partial charge is 0.341 e. The highest BCUT2D eigenvalue weighted by Gasteiger charge is 2.34. The number of carbonyl (C=O) groups excluding carboxylic acids is 1. The lowest BCUT2D eigenvalue weighted by molar-refractivity contribution is -0.139. The third-order valence-corrected chi connectivity index (χ3v) is 7.07. The number of nitrogens with zero attached hydrogens (tertiary/aromatic N) is 2. The highest BCUT2D eigenvalue weighted by molar-refractivity contribution is 6.35. The molecule has 3 aromatic carbocycles. The fraction of sp³-hybridized carbons (Fsp3) is 0.214. The van der Waals surface area contributed by atoms with Crippen LogP contribution in [0.2, 0.25) is 10.0 Å². The Kier molecular flexibility index (Phi) is 6.90. The molecule has 0 bridgehead atoms.